The summed E-state index contributed by atoms with van der Waals surface area (Å²) in [5.41, 5.74) is -0.195. The summed E-state index contributed by atoms with van der Waals surface area (Å²) in [6, 6.07) is 2.06. The fourth-order valence-electron chi connectivity index (χ4n) is 3.65. The van der Waals surface area contributed by atoms with Gasteiger partial charge in [0.2, 0.25) is 5.91 Å². The van der Waals surface area contributed by atoms with E-state index < -0.39 is 11.3 Å². The Morgan fingerprint density at radius 3 is 2.42 bits per heavy atom. The maximum atomic E-state index is 11.8. The molecule has 6 nitrogen and oxygen atoms in total. The van der Waals surface area contributed by atoms with Crippen molar-refractivity contribution in [2.75, 3.05) is 33.4 Å². The van der Waals surface area contributed by atoms with Gasteiger partial charge in [-0.3, -0.25) is 10.7 Å². The molecular weight excluding hydrogens is 324 g/mol. The van der Waals surface area contributed by atoms with Crippen LogP contribution in [0, 0.1) is 22.7 Å². The minimum atomic E-state index is -0.774. The molecule has 1 unspecified atom stereocenters. The number of ether oxygens (including phenoxy) is 1. The number of piperidine rings is 1. The van der Waals surface area contributed by atoms with E-state index in [1.54, 1.807) is 4.90 Å². The van der Waals surface area contributed by atoms with Gasteiger partial charge in [-0.15, -0.1) is 0 Å². The average molecular weight is 348 g/mol. The van der Waals surface area contributed by atoms with Crippen LogP contribution in [0.5, 0.6) is 0 Å². The second kappa shape index (κ2) is 8.50. The van der Waals surface area contributed by atoms with Gasteiger partial charge in [0.1, 0.15) is 24.0 Å². The van der Waals surface area contributed by atoms with Gasteiger partial charge in [0.05, 0.1) is 26.3 Å². The lowest BCUT2D eigenvalue weighted by Gasteiger charge is -2.44. The number of carbonyl (C=O) groups is 1. The number of carbonyl (C=O) groups excluding carboxylic acids is 1. The van der Waals surface area contributed by atoms with Gasteiger partial charge in [0, 0.05) is 11.0 Å². The number of nitrogens with one attached hydrogen (secondary N) is 2. The van der Waals surface area contributed by atoms with Crippen LogP contribution in [0.4, 0.5) is 0 Å². The van der Waals surface area contributed by atoms with E-state index in [9.17, 15) is 15.5 Å². The van der Waals surface area contributed by atoms with Crippen molar-refractivity contribution in [2.45, 2.75) is 32.1 Å². The summed E-state index contributed by atoms with van der Waals surface area (Å²) >= 11 is 5.06. The SMILES string of the molecule is C[NH+]1CCOCC1.N#CC1C(=O)NC(=S)C(=C=[N-])C12CCCCC2. The van der Waals surface area contributed by atoms with Gasteiger partial charge in [-0.1, -0.05) is 31.5 Å². The molecule has 2 saturated heterocycles. The zero-order valence-corrected chi connectivity index (χ0v) is 14.9. The van der Waals surface area contributed by atoms with Crippen LogP contribution in [0.3, 0.4) is 0 Å². The van der Waals surface area contributed by atoms with E-state index in [2.05, 4.69) is 24.3 Å². The Bertz CT molecular complexity index is 580. The zero-order chi connectivity index (χ0) is 17.6. The maximum Gasteiger partial charge on any atom is 0.243 e. The minimum Gasteiger partial charge on any atom is -0.763 e. The first-order valence-electron chi connectivity index (χ1n) is 8.46. The van der Waals surface area contributed by atoms with E-state index in [0.717, 1.165) is 32.5 Å². The molecule has 3 rings (SSSR count). The second-order valence-corrected chi connectivity index (χ2v) is 7.06. The van der Waals surface area contributed by atoms with E-state index in [1.807, 2.05) is 0 Å². The molecule has 0 aromatic rings. The summed E-state index contributed by atoms with van der Waals surface area (Å²) in [6.45, 7) is 4.26. The van der Waals surface area contributed by atoms with Gasteiger partial charge in [0.15, 0.2) is 0 Å². The van der Waals surface area contributed by atoms with E-state index in [4.69, 9.17) is 17.0 Å². The first-order chi connectivity index (χ1) is 11.5. The summed E-state index contributed by atoms with van der Waals surface area (Å²) < 4.78 is 5.12. The Kier molecular flexibility index (Phi) is 6.64. The van der Waals surface area contributed by atoms with E-state index in [-0.39, 0.29) is 10.9 Å². The third-order valence-corrected chi connectivity index (χ3v) is 5.42. The Hall–Kier alpha value is -1.58. The molecular formula is C17H24N4O2S. The number of likely N-dealkylation sites (N-methyl/N-ethyl adjacent to an activating group) is 1. The van der Waals surface area contributed by atoms with Crippen LogP contribution in [-0.4, -0.2) is 50.1 Å². The van der Waals surface area contributed by atoms with Gasteiger partial charge < -0.3 is 20.4 Å². The highest BCUT2D eigenvalue weighted by atomic mass is 32.1. The maximum absolute atomic E-state index is 11.8. The lowest BCUT2D eigenvalue weighted by Crippen LogP contribution is -3.11. The number of hydrogen-bond donors (Lipinski definition) is 2. The third kappa shape index (κ3) is 3.90. The number of nitriles is 1. The molecule has 2 aliphatic heterocycles. The van der Waals surface area contributed by atoms with Crippen molar-refractivity contribution in [1.82, 2.24) is 5.32 Å². The number of hydrogen-bond acceptors (Lipinski definition) is 4. The highest BCUT2D eigenvalue weighted by Crippen LogP contribution is 2.49. The van der Waals surface area contributed by atoms with Crippen LogP contribution in [0.2, 0.25) is 0 Å². The Labute approximate surface area is 148 Å². The summed E-state index contributed by atoms with van der Waals surface area (Å²) in [7, 11) is 2.20. The number of nitrogens with zero attached hydrogens (tertiary/aromatic N) is 2. The molecule has 3 fully saturated rings. The highest BCUT2D eigenvalue weighted by molar-refractivity contribution is 7.80. The molecule has 24 heavy (non-hydrogen) atoms. The molecule has 0 aromatic carbocycles. The first kappa shape index (κ1) is 18.8. The molecule has 1 aliphatic carbocycles. The molecule has 1 saturated carbocycles. The number of thiocarbonyl (C=S) groups is 1. The van der Waals surface area contributed by atoms with Crippen LogP contribution in [0.25, 0.3) is 5.41 Å². The van der Waals surface area contributed by atoms with E-state index in [1.165, 1.54) is 13.1 Å². The first-order valence-corrected chi connectivity index (χ1v) is 8.87. The summed E-state index contributed by atoms with van der Waals surface area (Å²) in [4.78, 5) is 13.6. The van der Waals surface area contributed by atoms with Crippen LogP contribution in [-0.2, 0) is 9.53 Å². The van der Waals surface area contributed by atoms with Gasteiger partial charge in [-0.25, -0.2) is 0 Å². The number of morpholine rings is 1. The molecule has 0 bridgehead atoms. The molecule has 1 atom stereocenters. The topological polar surface area (TPSA) is 88.9 Å². The molecule has 3 aliphatic rings. The van der Waals surface area contributed by atoms with E-state index >= 15 is 0 Å². The van der Waals surface area contributed by atoms with Crippen molar-refractivity contribution < 1.29 is 14.4 Å². The third-order valence-electron chi connectivity index (χ3n) is 5.11. The molecule has 130 valence electrons. The lowest BCUT2D eigenvalue weighted by atomic mass is 9.60. The summed E-state index contributed by atoms with van der Waals surface area (Å²) in [6.07, 6.45) is 4.40. The van der Waals surface area contributed by atoms with Gasteiger partial charge in [-0.2, -0.15) is 5.26 Å². The fraction of sp³-hybridized carbons (Fsp3) is 0.706. The van der Waals surface area contributed by atoms with Crippen molar-refractivity contribution >= 4 is 29.0 Å². The van der Waals surface area contributed by atoms with Gasteiger partial charge in [0.25, 0.3) is 0 Å². The molecule has 1 amide bonds. The van der Waals surface area contributed by atoms with Crippen molar-refractivity contribution in [2.24, 2.45) is 11.3 Å². The predicted octanol–water partition coefficient (Wildman–Crippen LogP) is 0.231. The largest absolute Gasteiger partial charge is 0.763 e. The van der Waals surface area contributed by atoms with E-state index in [0.29, 0.717) is 18.4 Å². The van der Waals surface area contributed by atoms with Gasteiger partial charge >= 0.3 is 0 Å². The van der Waals surface area contributed by atoms with Crippen LogP contribution in [0.15, 0.2) is 5.57 Å². The van der Waals surface area contributed by atoms with Crippen molar-refractivity contribution in [3.05, 3.63) is 11.0 Å². The predicted molar refractivity (Wildman–Crippen MR) is 94.7 cm³/mol. The van der Waals surface area contributed by atoms with Crippen LogP contribution < -0.4 is 10.2 Å². The quantitative estimate of drug-likeness (QED) is 0.373. The van der Waals surface area contributed by atoms with Crippen molar-refractivity contribution in [3.63, 3.8) is 0 Å². The Morgan fingerprint density at radius 1 is 1.33 bits per heavy atom. The Morgan fingerprint density at radius 2 is 1.96 bits per heavy atom. The Balaban J connectivity index is 0.000000249. The summed E-state index contributed by atoms with van der Waals surface area (Å²) in [5, 5.41) is 20.9. The molecule has 1 spiro atoms. The average Bonchev–Trinajstić information content (AvgIpc) is 2.57. The minimum absolute atomic E-state index is 0.214. The number of rotatable bonds is 0. The molecule has 0 aromatic heterocycles. The monoisotopic (exact) mass is 348 g/mol. The normalized spacial score (nSPS) is 26.7. The van der Waals surface area contributed by atoms with Gasteiger partial charge in [-0.05, 0) is 12.8 Å². The summed E-state index contributed by atoms with van der Waals surface area (Å²) in [5.74, 6) is 0.986. The van der Waals surface area contributed by atoms with Crippen LogP contribution >= 0.6 is 12.2 Å². The molecule has 2 heterocycles. The molecule has 7 heteroatoms. The molecule has 2 N–H and O–H groups in total. The smallest absolute Gasteiger partial charge is 0.243 e. The van der Waals surface area contributed by atoms with Crippen LogP contribution in [0.1, 0.15) is 32.1 Å². The highest BCUT2D eigenvalue weighted by Gasteiger charge is 2.50. The van der Waals surface area contributed by atoms with Crippen molar-refractivity contribution in [3.8, 4) is 6.07 Å². The standard InChI is InChI=1S/C12H12N3OS.C5H11NO/c13-6-8-10(16)15-11(17)9(7-14)12(8)4-2-1-3-5-12;1-6-2-4-7-5-3-6/h8H,1-5H2,(H,15,16,17);2-5H2,1H3/q-1;/p+1. The van der Waals surface area contributed by atoms with Crippen molar-refractivity contribution in [1.29, 1.82) is 5.26 Å². The molecule has 0 radical (unpaired) electrons. The fourth-order valence-corrected chi connectivity index (χ4v) is 4.00. The zero-order valence-electron chi connectivity index (χ0n) is 14.1. The lowest BCUT2D eigenvalue weighted by molar-refractivity contribution is -0.888. The number of quaternary nitrogens is 1. The second-order valence-electron chi connectivity index (χ2n) is 6.65. The number of amides is 1.